The standard InChI is InChI=1S/C4H9N2O2P/c1-3(9-8)6-4(7)5-2/h3H,1-2H3,(H2,5,6,7). The molecular formula is C4H9N2O2P. The first kappa shape index (κ1) is 8.37. The largest absolute Gasteiger partial charge is 0.341 e. The van der Waals surface area contributed by atoms with Crippen molar-refractivity contribution in [2.75, 3.05) is 7.05 Å². The number of hydrogen-bond acceptors (Lipinski definition) is 2. The fourth-order valence-corrected chi connectivity index (χ4v) is 0.458. The summed E-state index contributed by atoms with van der Waals surface area (Å²) in [5, 5.41) is 4.74. The van der Waals surface area contributed by atoms with E-state index in [9.17, 15) is 9.36 Å². The van der Waals surface area contributed by atoms with Crippen molar-refractivity contribution in [3.63, 3.8) is 0 Å². The Balaban J connectivity index is 3.46. The van der Waals surface area contributed by atoms with Gasteiger partial charge in [-0.2, -0.15) is 0 Å². The molecule has 0 saturated heterocycles. The highest BCUT2D eigenvalue weighted by Gasteiger charge is 2.01. The first-order valence-corrected chi connectivity index (χ1v) is 3.39. The summed E-state index contributed by atoms with van der Waals surface area (Å²) in [6.45, 7) is 1.64. The molecule has 0 saturated carbocycles. The van der Waals surface area contributed by atoms with Crippen LogP contribution >= 0.6 is 8.46 Å². The van der Waals surface area contributed by atoms with Gasteiger partial charge in [0.1, 0.15) is 5.78 Å². The van der Waals surface area contributed by atoms with E-state index in [0.717, 1.165) is 0 Å². The van der Waals surface area contributed by atoms with Crippen LogP contribution in [0.25, 0.3) is 0 Å². The first-order valence-electron chi connectivity index (χ1n) is 2.51. The molecule has 0 radical (unpaired) electrons. The molecule has 9 heavy (non-hydrogen) atoms. The molecule has 0 aromatic heterocycles. The number of hydrogen-bond donors (Lipinski definition) is 2. The van der Waals surface area contributed by atoms with Gasteiger partial charge in [-0.3, -0.25) is 4.57 Å². The van der Waals surface area contributed by atoms with Crippen molar-refractivity contribution in [3.05, 3.63) is 0 Å². The van der Waals surface area contributed by atoms with Crippen LogP contribution in [0.3, 0.4) is 0 Å². The molecule has 2 amide bonds. The van der Waals surface area contributed by atoms with Crippen molar-refractivity contribution in [1.29, 1.82) is 0 Å². The van der Waals surface area contributed by atoms with Crippen molar-refractivity contribution >= 4 is 14.5 Å². The van der Waals surface area contributed by atoms with Crippen molar-refractivity contribution in [1.82, 2.24) is 10.6 Å². The zero-order valence-corrected chi connectivity index (χ0v) is 6.24. The molecule has 0 heterocycles. The lowest BCUT2D eigenvalue weighted by Gasteiger charge is -2.03. The van der Waals surface area contributed by atoms with Gasteiger partial charge in [0.05, 0.1) is 0 Å². The Morgan fingerprint density at radius 1 is 1.67 bits per heavy atom. The molecule has 5 heteroatoms. The van der Waals surface area contributed by atoms with E-state index >= 15 is 0 Å². The third-order valence-electron chi connectivity index (χ3n) is 0.725. The third kappa shape index (κ3) is 3.91. The minimum absolute atomic E-state index is 0.0740. The summed E-state index contributed by atoms with van der Waals surface area (Å²) in [4.78, 5) is 10.4. The number of urea groups is 1. The molecule has 0 fully saturated rings. The Labute approximate surface area is 55.2 Å². The van der Waals surface area contributed by atoms with Crippen molar-refractivity contribution in [2.24, 2.45) is 0 Å². The topological polar surface area (TPSA) is 58.2 Å². The van der Waals surface area contributed by atoms with E-state index in [1.165, 1.54) is 7.05 Å². The smallest absolute Gasteiger partial charge is 0.315 e. The third-order valence-corrected chi connectivity index (χ3v) is 1.17. The normalized spacial score (nSPS) is 12.7. The summed E-state index contributed by atoms with van der Waals surface area (Å²) in [6.07, 6.45) is 0. The van der Waals surface area contributed by atoms with Crippen LogP contribution < -0.4 is 10.6 Å². The van der Waals surface area contributed by atoms with E-state index < -0.39 is 0 Å². The summed E-state index contributed by atoms with van der Waals surface area (Å²) < 4.78 is 10.0. The predicted molar refractivity (Wildman–Crippen MR) is 34.7 cm³/mol. The molecule has 0 aliphatic rings. The summed E-state index contributed by atoms with van der Waals surface area (Å²) in [5.74, 6) is -0.315. The molecule has 2 N–H and O–H groups in total. The Bertz CT molecular complexity index is 117. The van der Waals surface area contributed by atoms with E-state index in [1.807, 2.05) is 0 Å². The average molecular weight is 148 g/mol. The molecule has 0 bridgehead atoms. The lowest BCUT2D eigenvalue weighted by Crippen LogP contribution is -2.36. The zero-order chi connectivity index (χ0) is 7.28. The number of carbonyl (C=O) groups excluding carboxylic acids is 1. The maximum atomic E-state index is 10.4. The highest BCUT2D eigenvalue weighted by atomic mass is 31.1. The minimum atomic E-state index is -0.315. The van der Waals surface area contributed by atoms with Crippen LogP contribution in [0, 0.1) is 0 Å². The Morgan fingerprint density at radius 3 is 2.56 bits per heavy atom. The molecule has 1 unspecified atom stereocenters. The second kappa shape index (κ2) is 4.27. The number of nitrogens with one attached hydrogen (secondary N) is 2. The highest BCUT2D eigenvalue weighted by Crippen LogP contribution is 1.98. The van der Waals surface area contributed by atoms with Crippen LogP contribution in [-0.2, 0) is 4.57 Å². The summed E-state index contributed by atoms with van der Waals surface area (Å²) >= 11 is 0. The van der Waals surface area contributed by atoms with Gasteiger partial charge >= 0.3 is 6.03 Å². The van der Waals surface area contributed by atoms with Gasteiger partial charge in [0.15, 0.2) is 8.46 Å². The quantitative estimate of drug-likeness (QED) is 0.562. The van der Waals surface area contributed by atoms with E-state index in [-0.39, 0.29) is 20.3 Å². The van der Waals surface area contributed by atoms with Gasteiger partial charge in [-0.1, -0.05) is 0 Å². The van der Waals surface area contributed by atoms with Gasteiger partial charge in [-0.15, -0.1) is 0 Å². The van der Waals surface area contributed by atoms with E-state index in [1.54, 1.807) is 6.92 Å². The second-order valence-corrected chi connectivity index (χ2v) is 2.49. The molecule has 0 aliphatic heterocycles. The summed E-state index contributed by atoms with van der Waals surface area (Å²) in [6, 6.07) is -0.314. The van der Waals surface area contributed by atoms with Gasteiger partial charge < -0.3 is 10.6 Å². The molecule has 0 aromatic carbocycles. The van der Waals surface area contributed by atoms with Gasteiger partial charge in [-0.25, -0.2) is 4.79 Å². The highest BCUT2D eigenvalue weighted by molar-refractivity contribution is 7.24. The lowest BCUT2D eigenvalue weighted by atomic mass is 10.7. The van der Waals surface area contributed by atoms with Gasteiger partial charge in [0.25, 0.3) is 0 Å². The maximum absolute atomic E-state index is 10.4. The average Bonchev–Trinajstić information content (AvgIpc) is 1.87. The Kier molecular flexibility index (Phi) is 3.97. The fraction of sp³-hybridized carbons (Fsp3) is 0.750. The number of amides is 2. The monoisotopic (exact) mass is 148 g/mol. The molecule has 0 rings (SSSR count). The van der Waals surface area contributed by atoms with Crippen molar-refractivity contribution < 1.29 is 9.36 Å². The fourth-order valence-electron chi connectivity index (χ4n) is 0.288. The summed E-state index contributed by atoms with van der Waals surface area (Å²) in [7, 11) is 1.43. The summed E-state index contributed by atoms with van der Waals surface area (Å²) in [5.41, 5.74) is 0. The van der Waals surface area contributed by atoms with Crippen LogP contribution in [0.2, 0.25) is 0 Å². The van der Waals surface area contributed by atoms with Crippen molar-refractivity contribution in [3.8, 4) is 0 Å². The van der Waals surface area contributed by atoms with Gasteiger partial charge in [0.2, 0.25) is 0 Å². The van der Waals surface area contributed by atoms with Crippen molar-refractivity contribution in [2.45, 2.75) is 12.7 Å². The van der Waals surface area contributed by atoms with Crippen LogP contribution in [-0.4, -0.2) is 18.9 Å². The van der Waals surface area contributed by atoms with E-state index in [4.69, 9.17) is 0 Å². The second-order valence-electron chi connectivity index (χ2n) is 1.50. The zero-order valence-electron chi connectivity index (χ0n) is 5.34. The number of rotatable bonds is 2. The molecule has 0 spiro atoms. The van der Waals surface area contributed by atoms with Crippen LogP contribution in [0.4, 0.5) is 4.79 Å². The lowest BCUT2D eigenvalue weighted by molar-refractivity contribution is 0.242. The Hall–Kier alpha value is -0.630. The maximum Gasteiger partial charge on any atom is 0.315 e. The molecule has 4 nitrogen and oxygen atoms in total. The molecule has 0 aliphatic carbocycles. The van der Waals surface area contributed by atoms with Crippen LogP contribution in [0.15, 0.2) is 0 Å². The molecule has 52 valence electrons. The molecule has 1 atom stereocenters. The van der Waals surface area contributed by atoms with E-state index in [0.29, 0.717) is 0 Å². The number of carbonyl (C=O) groups is 1. The first-order chi connectivity index (χ1) is 4.20. The van der Waals surface area contributed by atoms with Crippen LogP contribution in [0.5, 0.6) is 0 Å². The predicted octanol–water partition coefficient (Wildman–Crippen LogP) is 0.553. The van der Waals surface area contributed by atoms with Gasteiger partial charge in [-0.05, 0) is 6.92 Å². The Morgan fingerprint density at radius 2 is 2.22 bits per heavy atom. The molecule has 0 aromatic rings. The molecular weight excluding hydrogens is 139 g/mol. The van der Waals surface area contributed by atoms with Gasteiger partial charge in [0, 0.05) is 7.05 Å². The minimum Gasteiger partial charge on any atom is -0.341 e. The SMILES string of the molecule is CNC(=O)NC(C)P=O. The van der Waals surface area contributed by atoms with Crippen LogP contribution in [0.1, 0.15) is 6.92 Å². The van der Waals surface area contributed by atoms with E-state index in [2.05, 4.69) is 10.6 Å².